The Morgan fingerprint density at radius 1 is 1.10 bits per heavy atom. The van der Waals surface area contributed by atoms with Crippen molar-refractivity contribution >= 4 is 39.9 Å². The van der Waals surface area contributed by atoms with Crippen LogP contribution in [0.15, 0.2) is 64.6 Å². The number of aromatic hydroxyl groups is 1. The summed E-state index contributed by atoms with van der Waals surface area (Å²) in [6, 6.07) is 15.2. The van der Waals surface area contributed by atoms with Gasteiger partial charge in [0.25, 0.3) is 5.91 Å². The fraction of sp³-hybridized carbons (Fsp3) is 0.208. The lowest BCUT2D eigenvalue weighted by atomic mass is 10.1. The van der Waals surface area contributed by atoms with E-state index in [1.165, 1.54) is 16.3 Å². The summed E-state index contributed by atoms with van der Waals surface area (Å²) in [4.78, 5) is 19.9. The fourth-order valence-corrected chi connectivity index (χ4v) is 4.30. The largest absolute Gasteiger partial charge is 0.507 e. The summed E-state index contributed by atoms with van der Waals surface area (Å²) in [7, 11) is 0. The third-order valence-electron chi connectivity index (χ3n) is 5.25. The third kappa shape index (κ3) is 4.09. The van der Waals surface area contributed by atoms with Crippen LogP contribution in [0, 0.1) is 0 Å². The maximum Gasteiger partial charge on any atom is 0.282 e. The highest BCUT2D eigenvalue weighted by atomic mass is 32.1. The van der Waals surface area contributed by atoms with E-state index in [4.69, 9.17) is 0 Å². The average Bonchev–Trinajstić information content (AvgIpc) is 3.36. The number of carbonyl (C=O) groups is 1. The molecule has 0 spiro atoms. The average molecular weight is 433 g/mol. The van der Waals surface area contributed by atoms with E-state index in [9.17, 15) is 9.90 Å². The molecular weight excluding hydrogens is 408 g/mol. The summed E-state index contributed by atoms with van der Waals surface area (Å²) in [5.74, 6) is -0.0518. The van der Waals surface area contributed by atoms with Gasteiger partial charge < -0.3 is 10.0 Å². The molecule has 31 heavy (non-hydrogen) atoms. The van der Waals surface area contributed by atoms with Gasteiger partial charge in [0.15, 0.2) is 0 Å². The molecule has 0 saturated heterocycles. The van der Waals surface area contributed by atoms with Crippen molar-refractivity contribution in [1.29, 1.82) is 0 Å². The summed E-state index contributed by atoms with van der Waals surface area (Å²) < 4.78 is 0. The lowest BCUT2D eigenvalue weighted by molar-refractivity contribution is -0.114. The Morgan fingerprint density at radius 3 is 2.48 bits per heavy atom. The SMILES string of the molecule is CCN(CC)c1ccc(/C=C2\C(=O)N(c3nc(-c4ccccc4O)cs3)N=C2C)cc1. The van der Waals surface area contributed by atoms with E-state index in [0.717, 1.165) is 24.3 Å². The minimum Gasteiger partial charge on any atom is -0.507 e. The maximum absolute atomic E-state index is 13.1. The van der Waals surface area contributed by atoms with Crippen LogP contribution in [0.25, 0.3) is 17.3 Å². The van der Waals surface area contributed by atoms with Gasteiger partial charge in [0.2, 0.25) is 5.13 Å². The van der Waals surface area contributed by atoms with Gasteiger partial charge in [0.1, 0.15) is 5.75 Å². The van der Waals surface area contributed by atoms with Crippen LogP contribution in [0.3, 0.4) is 0 Å². The van der Waals surface area contributed by atoms with Gasteiger partial charge in [-0.25, -0.2) is 4.98 Å². The first-order valence-corrected chi connectivity index (χ1v) is 11.1. The van der Waals surface area contributed by atoms with Crippen LogP contribution in [0.5, 0.6) is 5.75 Å². The first-order chi connectivity index (χ1) is 15.0. The second-order valence-corrected chi connectivity index (χ2v) is 7.99. The van der Waals surface area contributed by atoms with Gasteiger partial charge in [-0.05, 0) is 56.7 Å². The van der Waals surface area contributed by atoms with Crippen molar-refractivity contribution in [2.45, 2.75) is 20.8 Å². The number of amides is 1. The smallest absolute Gasteiger partial charge is 0.282 e. The molecule has 1 aliphatic rings. The third-order valence-corrected chi connectivity index (χ3v) is 6.06. The summed E-state index contributed by atoms with van der Waals surface area (Å²) in [5, 5.41) is 18.1. The van der Waals surface area contributed by atoms with Gasteiger partial charge in [-0.3, -0.25) is 4.79 Å². The molecule has 3 aromatic rings. The Balaban J connectivity index is 1.57. The van der Waals surface area contributed by atoms with Crippen molar-refractivity contribution in [3.63, 3.8) is 0 Å². The number of para-hydroxylation sites is 1. The van der Waals surface area contributed by atoms with Gasteiger partial charge >= 0.3 is 0 Å². The number of aromatic nitrogens is 1. The quantitative estimate of drug-likeness (QED) is 0.546. The van der Waals surface area contributed by atoms with E-state index < -0.39 is 0 Å². The molecule has 158 valence electrons. The van der Waals surface area contributed by atoms with E-state index in [1.807, 2.05) is 36.6 Å². The monoisotopic (exact) mass is 432 g/mol. The molecule has 6 nitrogen and oxygen atoms in total. The molecule has 1 amide bonds. The Labute approximate surface area is 185 Å². The van der Waals surface area contributed by atoms with Crippen LogP contribution in [0.4, 0.5) is 10.8 Å². The van der Waals surface area contributed by atoms with E-state index in [-0.39, 0.29) is 11.7 Å². The van der Waals surface area contributed by atoms with Crippen molar-refractivity contribution in [2.75, 3.05) is 23.0 Å². The zero-order valence-electron chi connectivity index (χ0n) is 17.7. The zero-order chi connectivity index (χ0) is 22.0. The molecule has 4 rings (SSSR count). The normalized spacial score (nSPS) is 14.9. The molecule has 0 aliphatic carbocycles. The number of anilines is 2. The number of benzene rings is 2. The molecule has 0 radical (unpaired) electrons. The molecule has 0 unspecified atom stereocenters. The van der Waals surface area contributed by atoms with E-state index in [1.54, 1.807) is 18.2 Å². The molecule has 2 heterocycles. The molecule has 0 atom stereocenters. The molecule has 0 saturated carbocycles. The van der Waals surface area contributed by atoms with Crippen LogP contribution >= 0.6 is 11.3 Å². The highest BCUT2D eigenvalue weighted by molar-refractivity contribution is 7.14. The van der Waals surface area contributed by atoms with Crippen molar-refractivity contribution in [3.8, 4) is 17.0 Å². The topological polar surface area (TPSA) is 69.0 Å². The number of hydrogen-bond donors (Lipinski definition) is 1. The highest BCUT2D eigenvalue weighted by Gasteiger charge is 2.30. The minimum atomic E-state index is -0.205. The number of hydrazone groups is 1. The Bertz CT molecular complexity index is 1160. The molecule has 0 bridgehead atoms. The van der Waals surface area contributed by atoms with Gasteiger partial charge in [-0.2, -0.15) is 10.1 Å². The van der Waals surface area contributed by atoms with Crippen LogP contribution < -0.4 is 9.91 Å². The number of phenolic OH excluding ortho intramolecular Hbond substituents is 1. The number of phenols is 1. The van der Waals surface area contributed by atoms with Crippen molar-refractivity contribution < 1.29 is 9.90 Å². The minimum absolute atomic E-state index is 0.153. The standard InChI is InChI=1S/C24H24N4O2S/c1-4-27(5-2)18-12-10-17(11-13-18)14-20-16(3)26-28(23(20)30)24-25-21(15-31-24)19-8-6-7-9-22(19)29/h6-15,29H,4-5H2,1-3H3/b20-14-. The van der Waals surface area contributed by atoms with Crippen LogP contribution in [0.2, 0.25) is 0 Å². The first kappa shape index (κ1) is 20.8. The summed E-state index contributed by atoms with van der Waals surface area (Å²) >= 11 is 1.32. The molecule has 2 aromatic carbocycles. The second kappa shape index (κ2) is 8.73. The zero-order valence-corrected chi connectivity index (χ0v) is 18.6. The number of nitrogens with zero attached hydrogens (tertiary/aromatic N) is 4. The summed E-state index contributed by atoms with van der Waals surface area (Å²) in [6.45, 7) is 7.99. The molecule has 1 aromatic heterocycles. The van der Waals surface area contributed by atoms with Crippen LogP contribution in [-0.2, 0) is 4.79 Å². The summed E-state index contributed by atoms with van der Waals surface area (Å²) in [5.41, 5.74) is 4.55. The predicted octanol–water partition coefficient (Wildman–Crippen LogP) is 5.17. The molecule has 1 aliphatic heterocycles. The van der Waals surface area contributed by atoms with Crippen molar-refractivity contribution in [2.24, 2.45) is 5.10 Å². The fourth-order valence-electron chi connectivity index (χ4n) is 3.53. The predicted molar refractivity (Wildman–Crippen MR) is 128 cm³/mol. The molecular formula is C24H24N4O2S. The van der Waals surface area contributed by atoms with Crippen LogP contribution in [-0.4, -0.2) is 34.8 Å². The molecule has 1 N–H and O–H groups in total. The molecule has 7 heteroatoms. The van der Waals surface area contributed by atoms with Crippen molar-refractivity contribution in [1.82, 2.24) is 4.98 Å². The highest BCUT2D eigenvalue weighted by Crippen LogP contribution is 2.34. The van der Waals surface area contributed by atoms with Crippen LogP contribution in [0.1, 0.15) is 26.3 Å². The van der Waals surface area contributed by atoms with Gasteiger partial charge in [-0.1, -0.05) is 24.3 Å². The number of thiazole rings is 1. The number of hydrogen-bond acceptors (Lipinski definition) is 6. The van der Waals surface area contributed by atoms with Gasteiger partial charge in [0.05, 0.1) is 17.0 Å². The summed E-state index contributed by atoms with van der Waals surface area (Å²) in [6.07, 6.45) is 1.87. The number of rotatable bonds is 6. The first-order valence-electron chi connectivity index (χ1n) is 10.2. The van der Waals surface area contributed by atoms with E-state index in [0.29, 0.717) is 27.7 Å². The maximum atomic E-state index is 13.1. The Morgan fingerprint density at radius 2 is 1.81 bits per heavy atom. The Kier molecular flexibility index (Phi) is 5.86. The lowest BCUT2D eigenvalue weighted by Gasteiger charge is -2.20. The molecule has 0 fully saturated rings. The van der Waals surface area contributed by atoms with E-state index >= 15 is 0 Å². The van der Waals surface area contributed by atoms with E-state index in [2.05, 4.69) is 41.0 Å². The Hall–Kier alpha value is -3.45. The van der Waals surface area contributed by atoms with Gasteiger partial charge in [-0.15, -0.1) is 11.3 Å². The number of carbonyl (C=O) groups excluding carboxylic acids is 1. The lowest BCUT2D eigenvalue weighted by Crippen LogP contribution is -2.21. The second-order valence-electron chi connectivity index (χ2n) is 7.16. The van der Waals surface area contributed by atoms with Crippen molar-refractivity contribution in [3.05, 3.63) is 65.0 Å². The van der Waals surface area contributed by atoms with Gasteiger partial charge in [0, 0.05) is 29.7 Å².